The molecule has 3 heterocycles. The molecule has 3 aromatic rings. The highest BCUT2D eigenvalue weighted by Crippen LogP contribution is 2.31. The first kappa shape index (κ1) is 17.7. The molecule has 1 aromatic carbocycles. The number of aromatic nitrogens is 4. The Morgan fingerprint density at radius 3 is 2.81 bits per heavy atom. The number of hydrogen-bond acceptors (Lipinski definition) is 7. The summed E-state index contributed by atoms with van der Waals surface area (Å²) in [6.45, 7) is 6.43. The minimum absolute atomic E-state index is 0.00952. The largest absolute Gasteiger partial charge is 0.491 e. The van der Waals surface area contributed by atoms with E-state index in [1.54, 1.807) is 0 Å². The van der Waals surface area contributed by atoms with E-state index in [1.807, 2.05) is 49.9 Å². The molecule has 142 valence electrons. The third-order valence-electron chi connectivity index (χ3n) is 4.97. The topological polar surface area (TPSA) is 113 Å². The van der Waals surface area contributed by atoms with Gasteiger partial charge in [-0.05, 0) is 39.0 Å². The van der Waals surface area contributed by atoms with Gasteiger partial charge in [0, 0.05) is 24.0 Å². The number of aliphatic hydroxyl groups excluding tert-OH is 1. The van der Waals surface area contributed by atoms with E-state index in [1.165, 1.54) is 6.33 Å². The maximum Gasteiger partial charge on any atom is 0.132 e. The minimum Gasteiger partial charge on any atom is -0.491 e. The lowest BCUT2D eigenvalue weighted by Crippen LogP contribution is -2.40. The maximum absolute atomic E-state index is 10.1. The second-order valence-electron chi connectivity index (χ2n) is 7.25. The zero-order valence-corrected chi connectivity index (χ0v) is 15.6. The summed E-state index contributed by atoms with van der Waals surface area (Å²) in [6.07, 6.45) is 1.04. The van der Waals surface area contributed by atoms with Crippen LogP contribution in [-0.4, -0.2) is 56.1 Å². The van der Waals surface area contributed by atoms with E-state index in [0.29, 0.717) is 12.2 Å². The van der Waals surface area contributed by atoms with Crippen LogP contribution < -0.4 is 15.4 Å². The summed E-state index contributed by atoms with van der Waals surface area (Å²) in [5, 5.41) is 18.5. The number of rotatable bonds is 4. The molecule has 1 aliphatic rings. The van der Waals surface area contributed by atoms with Gasteiger partial charge in [-0.1, -0.05) is 0 Å². The molecular weight excluding hydrogens is 344 g/mol. The monoisotopic (exact) mass is 368 g/mol. The molecule has 0 amide bonds. The summed E-state index contributed by atoms with van der Waals surface area (Å²) in [6, 6.07) is 7.41. The number of benzene rings is 1. The molecule has 4 N–H and O–H groups in total. The number of anilines is 1. The number of H-pyrrole nitrogens is 1. The van der Waals surface area contributed by atoms with Crippen molar-refractivity contribution in [1.82, 2.24) is 20.2 Å². The van der Waals surface area contributed by atoms with Crippen LogP contribution in [-0.2, 0) is 0 Å². The lowest BCUT2D eigenvalue weighted by molar-refractivity contribution is 0.175. The van der Waals surface area contributed by atoms with E-state index in [4.69, 9.17) is 10.5 Å². The van der Waals surface area contributed by atoms with Gasteiger partial charge in [0.15, 0.2) is 0 Å². The Hall–Kier alpha value is -2.71. The third-order valence-corrected chi connectivity index (χ3v) is 4.97. The van der Waals surface area contributed by atoms with Crippen LogP contribution in [0.1, 0.15) is 20.8 Å². The van der Waals surface area contributed by atoms with E-state index in [9.17, 15) is 5.11 Å². The first-order valence-corrected chi connectivity index (χ1v) is 9.11. The molecule has 1 fully saturated rings. The first-order chi connectivity index (χ1) is 12.9. The zero-order chi connectivity index (χ0) is 19.1. The van der Waals surface area contributed by atoms with Crippen LogP contribution in [0.3, 0.4) is 0 Å². The molecule has 3 atom stereocenters. The van der Waals surface area contributed by atoms with Gasteiger partial charge >= 0.3 is 0 Å². The van der Waals surface area contributed by atoms with Gasteiger partial charge in [-0.15, -0.1) is 0 Å². The molecule has 1 saturated heterocycles. The van der Waals surface area contributed by atoms with Crippen molar-refractivity contribution in [3.8, 4) is 17.1 Å². The Morgan fingerprint density at radius 1 is 1.30 bits per heavy atom. The fraction of sp³-hybridized carbons (Fsp3) is 0.421. The lowest BCUT2D eigenvalue weighted by atomic mass is 10.1. The summed E-state index contributed by atoms with van der Waals surface area (Å²) in [4.78, 5) is 10.8. The molecule has 2 aromatic heterocycles. The number of fused-ring (bicyclic) bond motifs is 1. The van der Waals surface area contributed by atoms with Crippen LogP contribution in [0, 0.1) is 0 Å². The fourth-order valence-corrected chi connectivity index (χ4v) is 3.49. The predicted molar refractivity (Wildman–Crippen MR) is 104 cm³/mol. The van der Waals surface area contributed by atoms with Gasteiger partial charge in [0.1, 0.15) is 23.6 Å². The number of β-amino-alcohol motifs (C(OH)–C–C–N with tert-alkyl or cyclic N) is 1. The summed E-state index contributed by atoms with van der Waals surface area (Å²) >= 11 is 0. The lowest BCUT2D eigenvalue weighted by Gasteiger charge is -2.23. The van der Waals surface area contributed by atoms with Crippen LogP contribution in [0.5, 0.6) is 5.75 Å². The maximum atomic E-state index is 10.1. The Morgan fingerprint density at radius 2 is 2.11 bits per heavy atom. The van der Waals surface area contributed by atoms with Crippen molar-refractivity contribution < 1.29 is 9.84 Å². The number of nitrogens with one attached hydrogen (secondary N) is 1. The number of hydrogen-bond donors (Lipinski definition) is 3. The summed E-state index contributed by atoms with van der Waals surface area (Å²) in [7, 11) is 0. The number of nitrogens with zero attached hydrogens (tertiary/aromatic N) is 4. The second-order valence-corrected chi connectivity index (χ2v) is 7.25. The van der Waals surface area contributed by atoms with Gasteiger partial charge in [0.05, 0.1) is 29.5 Å². The van der Waals surface area contributed by atoms with Crippen molar-refractivity contribution in [2.24, 2.45) is 5.73 Å². The standard InChI is InChI=1S/C19H24N6O2/c1-10(2)27-12-4-5-14-13(6-12)19(24-23-14)15-7-17(22-9-21-15)25-8-16(26)18(20)11(25)3/h4-7,9-11,16,18,26H,8,20H2,1-3H3,(H,23,24)/t11?,16-,18-/m0/s1. The number of aliphatic hydroxyl groups is 1. The quantitative estimate of drug-likeness (QED) is 0.642. The Kier molecular flexibility index (Phi) is 4.45. The smallest absolute Gasteiger partial charge is 0.132 e. The van der Waals surface area contributed by atoms with Gasteiger partial charge in [-0.2, -0.15) is 5.10 Å². The molecular formula is C19H24N6O2. The number of ether oxygens (including phenoxy) is 1. The van der Waals surface area contributed by atoms with E-state index in [-0.39, 0.29) is 18.2 Å². The molecule has 1 aliphatic heterocycles. The molecule has 0 spiro atoms. The van der Waals surface area contributed by atoms with Crippen LogP contribution >= 0.6 is 0 Å². The van der Waals surface area contributed by atoms with Gasteiger partial charge in [-0.25, -0.2) is 9.97 Å². The molecule has 0 radical (unpaired) electrons. The van der Waals surface area contributed by atoms with Crippen LogP contribution in [0.4, 0.5) is 5.82 Å². The van der Waals surface area contributed by atoms with Crippen LogP contribution in [0.15, 0.2) is 30.6 Å². The van der Waals surface area contributed by atoms with Crippen molar-refractivity contribution >= 4 is 16.7 Å². The van der Waals surface area contributed by atoms with Gasteiger partial charge in [0.2, 0.25) is 0 Å². The molecule has 1 unspecified atom stereocenters. The number of aromatic amines is 1. The predicted octanol–water partition coefficient (Wildman–Crippen LogP) is 1.70. The molecule has 8 heteroatoms. The zero-order valence-electron chi connectivity index (χ0n) is 15.6. The average molecular weight is 368 g/mol. The molecule has 8 nitrogen and oxygen atoms in total. The number of nitrogens with two attached hydrogens (primary N) is 1. The minimum atomic E-state index is -0.569. The van der Waals surface area contributed by atoms with Gasteiger partial charge in [-0.3, -0.25) is 5.10 Å². The SMILES string of the molecule is CC(C)Oc1ccc2[nH]nc(-c3cc(N4C[C@H](O)[C@@H](N)C4C)ncn3)c2c1. The van der Waals surface area contributed by atoms with Crippen molar-refractivity contribution in [3.63, 3.8) is 0 Å². The van der Waals surface area contributed by atoms with Crippen molar-refractivity contribution in [2.45, 2.75) is 45.1 Å². The van der Waals surface area contributed by atoms with Crippen molar-refractivity contribution in [2.75, 3.05) is 11.4 Å². The summed E-state index contributed by atoms with van der Waals surface area (Å²) in [5.41, 5.74) is 8.40. The molecule has 27 heavy (non-hydrogen) atoms. The fourth-order valence-electron chi connectivity index (χ4n) is 3.49. The van der Waals surface area contributed by atoms with E-state index in [0.717, 1.165) is 28.2 Å². The van der Waals surface area contributed by atoms with Crippen LogP contribution in [0.2, 0.25) is 0 Å². The average Bonchev–Trinajstić information content (AvgIpc) is 3.17. The van der Waals surface area contributed by atoms with Crippen molar-refractivity contribution in [3.05, 3.63) is 30.6 Å². The highest BCUT2D eigenvalue weighted by molar-refractivity contribution is 5.93. The Bertz CT molecular complexity index is 956. The van der Waals surface area contributed by atoms with E-state index in [2.05, 4.69) is 20.2 Å². The highest BCUT2D eigenvalue weighted by atomic mass is 16.5. The van der Waals surface area contributed by atoms with Gasteiger partial charge in [0.25, 0.3) is 0 Å². The Labute approximate surface area is 157 Å². The van der Waals surface area contributed by atoms with E-state index < -0.39 is 6.10 Å². The van der Waals surface area contributed by atoms with Crippen LogP contribution in [0.25, 0.3) is 22.3 Å². The first-order valence-electron chi connectivity index (χ1n) is 9.11. The second kappa shape index (κ2) is 6.79. The Balaban J connectivity index is 1.72. The highest BCUT2D eigenvalue weighted by Gasteiger charge is 2.36. The molecule has 0 bridgehead atoms. The molecule has 4 rings (SSSR count). The third kappa shape index (κ3) is 3.22. The van der Waals surface area contributed by atoms with E-state index >= 15 is 0 Å². The van der Waals surface area contributed by atoms with Gasteiger partial charge < -0.3 is 20.5 Å². The summed E-state index contributed by atoms with van der Waals surface area (Å²) in [5.74, 6) is 1.52. The van der Waals surface area contributed by atoms with Crippen molar-refractivity contribution in [1.29, 1.82) is 0 Å². The normalized spacial score (nSPS) is 22.7. The molecule has 0 aliphatic carbocycles. The summed E-state index contributed by atoms with van der Waals surface area (Å²) < 4.78 is 5.80. The molecule has 0 saturated carbocycles.